The summed E-state index contributed by atoms with van der Waals surface area (Å²) >= 11 is 0. The second-order valence-corrected chi connectivity index (χ2v) is 4.70. The van der Waals surface area contributed by atoms with Crippen LogP contribution in [0.3, 0.4) is 0 Å². The summed E-state index contributed by atoms with van der Waals surface area (Å²) in [5, 5.41) is 17.6. The molecule has 21 heavy (non-hydrogen) atoms. The van der Waals surface area contributed by atoms with Crippen LogP contribution in [0, 0.1) is 17.0 Å². The highest BCUT2D eigenvalue weighted by Gasteiger charge is 2.19. The summed E-state index contributed by atoms with van der Waals surface area (Å²) in [5.74, 6) is -0.344. The van der Waals surface area contributed by atoms with Gasteiger partial charge in [-0.15, -0.1) is 0 Å². The standard InChI is InChI=1S/C13H15N5O3/c1-9(6-17-8-14-7-15-17)16-13(19)11-4-3-5-12(10(11)2)18(20)21/h3-5,7-9H,6H2,1-2H3,(H,16,19). The van der Waals surface area contributed by atoms with Gasteiger partial charge in [0.1, 0.15) is 12.7 Å². The van der Waals surface area contributed by atoms with E-state index in [1.54, 1.807) is 24.0 Å². The first-order valence-electron chi connectivity index (χ1n) is 6.36. The van der Waals surface area contributed by atoms with Crippen LogP contribution in [0.25, 0.3) is 0 Å². The Morgan fingerprint density at radius 1 is 1.52 bits per heavy atom. The molecule has 8 heteroatoms. The summed E-state index contributed by atoms with van der Waals surface area (Å²) in [6, 6.07) is 4.27. The maximum Gasteiger partial charge on any atom is 0.273 e. The van der Waals surface area contributed by atoms with Crippen molar-refractivity contribution in [3.8, 4) is 0 Å². The summed E-state index contributed by atoms with van der Waals surface area (Å²) in [7, 11) is 0. The normalized spacial score (nSPS) is 11.9. The van der Waals surface area contributed by atoms with E-state index in [9.17, 15) is 14.9 Å². The van der Waals surface area contributed by atoms with E-state index in [1.807, 2.05) is 6.92 Å². The number of nitro benzene ring substituents is 1. The molecule has 1 aromatic heterocycles. The Morgan fingerprint density at radius 3 is 2.90 bits per heavy atom. The minimum absolute atomic E-state index is 0.0634. The molecular weight excluding hydrogens is 274 g/mol. The summed E-state index contributed by atoms with van der Waals surface area (Å²) in [5.41, 5.74) is 0.592. The van der Waals surface area contributed by atoms with Crippen molar-refractivity contribution in [3.63, 3.8) is 0 Å². The quantitative estimate of drug-likeness (QED) is 0.660. The first kappa shape index (κ1) is 14.6. The van der Waals surface area contributed by atoms with Crippen LogP contribution in [-0.4, -0.2) is 31.6 Å². The van der Waals surface area contributed by atoms with E-state index in [4.69, 9.17) is 0 Å². The molecule has 0 fully saturated rings. The monoisotopic (exact) mass is 289 g/mol. The summed E-state index contributed by atoms with van der Waals surface area (Å²) in [6.07, 6.45) is 2.97. The zero-order valence-corrected chi connectivity index (χ0v) is 11.7. The lowest BCUT2D eigenvalue weighted by Crippen LogP contribution is -2.36. The lowest BCUT2D eigenvalue weighted by molar-refractivity contribution is -0.385. The van der Waals surface area contributed by atoms with E-state index in [0.29, 0.717) is 17.7 Å². The smallest absolute Gasteiger partial charge is 0.273 e. The zero-order valence-electron chi connectivity index (χ0n) is 11.7. The van der Waals surface area contributed by atoms with Crippen molar-refractivity contribution in [2.45, 2.75) is 26.4 Å². The number of aromatic nitrogens is 3. The molecule has 1 N–H and O–H groups in total. The van der Waals surface area contributed by atoms with Crippen molar-refractivity contribution in [1.29, 1.82) is 0 Å². The fourth-order valence-corrected chi connectivity index (χ4v) is 2.02. The topological polar surface area (TPSA) is 103 Å². The molecule has 0 saturated carbocycles. The van der Waals surface area contributed by atoms with Crippen molar-refractivity contribution in [2.24, 2.45) is 0 Å². The molecule has 1 aromatic carbocycles. The summed E-state index contributed by atoms with van der Waals surface area (Å²) in [6.45, 7) is 3.86. The molecule has 0 aliphatic carbocycles. The van der Waals surface area contributed by atoms with Crippen LogP contribution in [0.1, 0.15) is 22.8 Å². The minimum Gasteiger partial charge on any atom is -0.348 e. The Morgan fingerprint density at radius 2 is 2.29 bits per heavy atom. The molecule has 1 atom stereocenters. The average Bonchev–Trinajstić information content (AvgIpc) is 2.91. The maximum atomic E-state index is 12.2. The van der Waals surface area contributed by atoms with Gasteiger partial charge in [0.2, 0.25) is 0 Å². The van der Waals surface area contributed by atoms with Gasteiger partial charge in [0.05, 0.1) is 11.5 Å². The lowest BCUT2D eigenvalue weighted by Gasteiger charge is -2.14. The molecule has 1 amide bonds. The van der Waals surface area contributed by atoms with Crippen LogP contribution in [0.2, 0.25) is 0 Å². The van der Waals surface area contributed by atoms with E-state index in [2.05, 4.69) is 15.4 Å². The van der Waals surface area contributed by atoms with Crippen LogP contribution in [-0.2, 0) is 6.54 Å². The molecule has 2 aromatic rings. The van der Waals surface area contributed by atoms with Gasteiger partial charge < -0.3 is 5.32 Å². The molecule has 1 heterocycles. The number of carbonyl (C=O) groups excluding carboxylic acids is 1. The van der Waals surface area contributed by atoms with Crippen LogP contribution in [0.15, 0.2) is 30.9 Å². The van der Waals surface area contributed by atoms with Crippen molar-refractivity contribution in [3.05, 3.63) is 52.1 Å². The Balaban J connectivity index is 2.10. The molecule has 1 unspecified atom stereocenters. The largest absolute Gasteiger partial charge is 0.348 e. The number of amides is 1. The molecule has 0 spiro atoms. The second-order valence-electron chi connectivity index (χ2n) is 4.70. The third kappa shape index (κ3) is 3.41. The van der Waals surface area contributed by atoms with Crippen LogP contribution < -0.4 is 5.32 Å². The second kappa shape index (κ2) is 6.12. The highest BCUT2D eigenvalue weighted by molar-refractivity contribution is 5.96. The molecular formula is C13H15N5O3. The number of rotatable bonds is 5. The van der Waals surface area contributed by atoms with Gasteiger partial charge in [-0.1, -0.05) is 6.07 Å². The van der Waals surface area contributed by atoms with Gasteiger partial charge in [-0.2, -0.15) is 5.10 Å². The van der Waals surface area contributed by atoms with Gasteiger partial charge in [-0.25, -0.2) is 4.98 Å². The third-order valence-corrected chi connectivity index (χ3v) is 3.05. The Labute approximate surface area is 121 Å². The van der Waals surface area contributed by atoms with Crippen LogP contribution in [0.5, 0.6) is 0 Å². The number of hydrogen-bond donors (Lipinski definition) is 1. The highest BCUT2D eigenvalue weighted by Crippen LogP contribution is 2.21. The molecule has 2 rings (SSSR count). The zero-order chi connectivity index (χ0) is 15.4. The van der Waals surface area contributed by atoms with E-state index >= 15 is 0 Å². The molecule has 0 saturated heterocycles. The van der Waals surface area contributed by atoms with E-state index in [0.717, 1.165) is 0 Å². The van der Waals surface area contributed by atoms with Crippen LogP contribution >= 0.6 is 0 Å². The molecule has 110 valence electrons. The molecule has 0 radical (unpaired) electrons. The number of carbonyl (C=O) groups is 1. The molecule has 0 bridgehead atoms. The Kier molecular flexibility index (Phi) is 4.27. The van der Waals surface area contributed by atoms with Crippen LogP contribution in [0.4, 0.5) is 5.69 Å². The number of nitrogens with one attached hydrogen (secondary N) is 1. The van der Waals surface area contributed by atoms with E-state index in [-0.39, 0.29) is 17.6 Å². The van der Waals surface area contributed by atoms with Crippen molar-refractivity contribution in [2.75, 3.05) is 0 Å². The Bertz CT molecular complexity index is 654. The summed E-state index contributed by atoms with van der Waals surface area (Å²) in [4.78, 5) is 26.4. The molecule has 0 aliphatic rings. The third-order valence-electron chi connectivity index (χ3n) is 3.05. The maximum absolute atomic E-state index is 12.2. The van der Waals surface area contributed by atoms with Gasteiger partial charge >= 0.3 is 0 Å². The predicted octanol–water partition coefficient (Wildman–Crippen LogP) is 1.31. The fraction of sp³-hybridized carbons (Fsp3) is 0.308. The molecule has 0 aliphatic heterocycles. The van der Waals surface area contributed by atoms with Gasteiger partial charge in [-0.05, 0) is 19.9 Å². The number of hydrogen-bond acceptors (Lipinski definition) is 5. The predicted molar refractivity (Wildman–Crippen MR) is 74.8 cm³/mol. The van der Waals surface area contributed by atoms with Crippen molar-refractivity contribution >= 4 is 11.6 Å². The van der Waals surface area contributed by atoms with Gasteiger partial charge in [0.25, 0.3) is 11.6 Å². The first-order valence-corrected chi connectivity index (χ1v) is 6.36. The first-order chi connectivity index (χ1) is 9.99. The number of nitrogens with zero attached hydrogens (tertiary/aromatic N) is 4. The van der Waals surface area contributed by atoms with Crippen molar-refractivity contribution < 1.29 is 9.72 Å². The van der Waals surface area contributed by atoms with Gasteiger partial charge in [-0.3, -0.25) is 19.6 Å². The fourth-order valence-electron chi connectivity index (χ4n) is 2.02. The number of nitro groups is 1. The minimum atomic E-state index is -0.495. The van der Waals surface area contributed by atoms with Gasteiger partial charge in [0.15, 0.2) is 0 Å². The molecule has 8 nitrogen and oxygen atoms in total. The van der Waals surface area contributed by atoms with Gasteiger partial charge in [0, 0.05) is 23.2 Å². The SMILES string of the molecule is Cc1c(C(=O)NC(C)Cn2cncn2)cccc1[N+](=O)[O-]. The van der Waals surface area contributed by atoms with E-state index < -0.39 is 4.92 Å². The van der Waals surface area contributed by atoms with E-state index in [1.165, 1.54) is 18.5 Å². The van der Waals surface area contributed by atoms with Crippen molar-refractivity contribution in [1.82, 2.24) is 20.1 Å². The average molecular weight is 289 g/mol. The highest BCUT2D eigenvalue weighted by atomic mass is 16.6. The number of benzene rings is 1. The lowest BCUT2D eigenvalue weighted by atomic mass is 10.1. The Hall–Kier alpha value is -2.77. The summed E-state index contributed by atoms with van der Waals surface area (Å²) < 4.78 is 1.60.